The largest absolute Gasteiger partial charge is 0.460 e. The van der Waals surface area contributed by atoms with Crippen LogP contribution in [0, 0.1) is 11.7 Å². The molecule has 3 atom stereocenters. The van der Waals surface area contributed by atoms with Crippen LogP contribution < -0.4 is 10.6 Å². The predicted octanol–water partition coefficient (Wildman–Crippen LogP) is 2.52. The normalized spacial score (nSPS) is 19.6. The molecule has 1 saturated heterocycles. The van der Waals surface area contributed by atoms with Crippen molar-refractivity contribution in [3.63, 3.8) is 0 Å². The van der Waals surface area contributed by atoms with Crippen molar-refractivity contribution in [1.82, 2.24) is 20.0 Å². The van der Waals surface area contributed by atoms with Gasteiger partial charge in [-0.15, -0.1) is 5.10 Å². The van der Waals surface area contributed by atoms with Gasteiger partial charge in [-0.2, -0.15) is 0 Å². The van der Waals surface area contributed by atoms with Crippen molar-refractivity contribution in [2.45, 2.75) is 45.1 Å². The molecule has 1 fully saturated rings. The van der Waals surface area contributed by atoms with Crippen molar-refractivity contribution < 1.29 is 28.3 Å². The average Bonchev–Trinajstić information content (AvgIpc) is 3.69. The molecule has 1 aromatic carbocycles. The highest BCUT2D eigenvalue weighted by Crippen LogP contribution is 2.29. The number of anilines is 1. The van der Waals surface area contributed by atoms with E-state index in [2.05, 4.69) is 20.5 Å². The van der Waals surface area contributed by atoms with E-state index in [0.717, 1.165) is 0 Å². The van der Waals surface area contributed by atoms with E-state index in [1.807, 2.05) is 13.8 Å². The van der Waals surface area contributed by atoms with Crippen molar-refractivity contribution in [3.8, 4) is 11.1 Å². The Morgan fingerprint density at radius 3 is 2.79 bits per heavy atom. The topological polar surface area (TPSA) is 147 Å². The molecule has 3 aromatic rings. The Labute approximate surface area is 223 Å². The summed E-state index contributed by atoms with van der Waals surface area (Å²) in [5.41, 5.74) is 8.26. The molecule has 0 radical (unpaired) electrons. The minimum Gasteiger partial charge on any atom is -0.460 e. The zero-order chi connectivity index (χ0) is 27.5. The van der Waals surface area contributed by atoms with Crippen LogP contribution in [-0.4, -0.2) is 69.2 Å². The minimum absolute atomic E-state index is 0.0299. The van der Waals surface area contributed by atoms with E-state index in [-0.39, 0.29) is 19.1 Å². The Morgan fingerprint density at radius 2 is 2.10 bits per heavy atom. The predicted molar refractivity (Wildman–Crippen MR) is 137 cm³/mol. The third-order valence-corrected chi connectivity index (χ3v) is 6.51. The van der Waals surface area contributed by atoms with Crippen molar-refractivity contribution in [2.24, 2.45) is 16.8 Å². The molecular formula is C26H28FN7O5. The highest BCUT2D eigenvalue weighted by molar-refractivity contribution is 5.99. The molecule has 2 N–H and O–H groups in total. The molecule has 1 unspecified atom stereocenters. The standard InChI is InChI=1S/C26H28FN7O5/c1-15(2)24(28)25(35)37-14-18-10-23(31-39-18)22-6-3-16(11-29-22)20-5-4-17(9-21(20)27)34-13-19(38-26(34)36)12-33-8-7-30-32-33/h3-9,11,15,18-19,24H,10,12-14,28H2,1-2H3/t18?,19-,24-/m0/s1. The van der Waals surface area contributed by atoms with E-state index in [1.54, 1.807) is 47.5 Å². The summed E-state index contributed by atoms with van der Waals surface area (Å²) in [4.78, 5) is 35.5. The van der Waals surface area contributed by atoms with Gasteiger partial charge in [-0.25, -0.2) is 13.9 Å². The Morgan fingerprint density at radius 1 is 1.26 bits per heavy atom. The molecular weight excluding hydrogens is 509 g/mol. The van der Waals surface area contributed by atoms with Gasteiger partial charge in [-0.3, -0.25) is 14.7 Å². The van der Waals surface area contributed by atoms with E-state index in [0.29, 0.717) is 41.2 Å². The van der Waals surface area contributed by atoms with Gasteiger partial charge in [0, 0.05) is 29.9 Å². The second-order valence-corrected chi connectivity index (χ2v) is 9.71. The number of rotatable bonds is 9. The summed E-state index contributed by atoms with van der Waals surface area (Å²) in [7, 11) is 0. The molecule has 0 saturated carbocycles. The van der Waals surface area contributed by atoms with E-state index >= 15 is 4.39 Å². The number of oxime groups is 1. The molecule has 4 heterocycles. The lowest BCUT2D eigenvalue weighted by atomic mass is 10.0. The van der Waals surface area contributed by atoms with Crippen LogP contribution in [0.3, 0.4) is 0 Å². The van der Waals surface area contributed by atoms with Crippen LogP contribution in [0.4, 0.5) is 14.9 Å². The summed E-state index contributed by atoms with van der Waals surface area (Å²) >= 11 is 0. The first kappa shape index (κ1) is 26.2. The first-order valence-electron chi connectivity index (χ1n) is 12.5. The maximum Gasteiger partial charge on any atom is 0.414 e. The number of carbonyl (C=O) groups excluding carboxylic acids is 2. The van der Waals surface area contributed by atoms with Gasteiger partial charge in [0.05, 0.1) is 30.7 Å². The number of ether oxygens (including phenoxy) is 2. The summed E-state index contributed by atoms with van der Waals surface area (Å²) in [5, 5.41) is 11.7. The number of amides is 1. The van der Waals surface area contributed by atoms with Crippen LogP contribution in [0.15, 0.2) is 54.1 Å². The smallest absolute Gasteiger partial charge is 0.414 e. The molecule has 5 rings (SSSR count). The van der Waals surface area contributed by atoms with Crippen molar-refractivity contribution in [1.29, 1.82) is 0 Å². The third kappa shape index (κ3) is 5.87. The van der Waals surface area contributed by atoms with Gasteiger partial charge >= 0.3 is 12.1 Å². The Bertz CT molecular complexity index is 1360. The molecule has 2 aliphatic rings. The van der Waals surface area contributed by atoms with Gasteiger partial charge in [0.15, 0.2) is 6.10 Å². The molecule has 39 heavy (non-hydrogen) atoms. The summed E-state index contributed by atoms with van der Waals surface area (Å²) < 4.78 is 27.3. The van der Waals surface area contributed by atoms with Crippen molar-refractivity contribution in [2.75, 3.05) is 18.1 Å². The average molecular weight is 538 g/mol. The molecule has 0 spiro atoms. The summed E-state index contributed by atoms with van der Waals surface area (Å²) in [6, 6.07) is 7.33. The highest BCUT2D eigenvalue weighted by atomic mass is 19.1. The van der Waals surface area contributed by atoms with Crippen LogP contribution in [-0.2, 0) is 25.7 Å². The number of cyclic esters (lactones) is 1. The second kappa shape index (κ2) is 11.2. The monoisotopic (exact) mass is 537 g/mol. The van der Waals surface area contributed by atoms with Crippen LogP contribution in [0.1, 0.15) is 26.0 Å². The number of pyridine rings is 1. The fourth-order valence-corrected chi connectivity index (χ4v) is 4.21. The van der Waals surface area contributed by atoms with Gasteiger partial charge in [-0.1, -0.05) is 30.3 Å². The number of hydrogen-bond acceptors (Lipinski definition) is 10. The number of nitrogens with two attached hydrogens (primary N) is 1. The molecule has 0 aliphatic carbocycles. The number of carbonyl (C=O) groups is 2. The van der Waals surface area contributed by atoms with Crippen LogP contribution in [0.5, 0.6) is 0 Å². The van der Waals surface area contributed by atoms with E-state index in [4.69, 9.17) is 20.0 Å². The quantitative estimate of drug-likeness (QED) is 0.407. The fourth-order valence-electron chi connectivity index (χ4n) is 4.21. The molecule has 0 bridgehead atoms. The molecule has 13 heteroatoms. The van der Waals surface area contributed by atoms with E-state index in [9.17, 15) is 9.59 Å². The van der Waals surface area contributed by atoms with Crippen LogP contribution in [0.25, 0.3) is 11.1 Å². The summed E-state index contributed by atoms with van der Waals surface area (Å²) in [6.45, 7) is 4.35. The van der Waals surface area contributed by atoms with Crippen LogP contribution in [0.2, 0.25) is 0 Å². The first-order valence-corrected chi connectivity index (χ1v) is 12.5. The first-order chi connectivity index (χ1) is 18.8. The third-order valence-electron chi connectivity index (χ3n) is 6.51. The van der Waals surface area contributed by atoms with Crippen LogP contribution >= 0.6 is 0 Å². The molecule has 2 aromatic heterocycles. The van der Waals surface area contributed by atoms with Gasteiger partial charge in [0.1, 0.15) is 30.3 Å². The van der Waals surface area contributed by atoms with E-state index in [1.165, 1.54) is 11.0 Å². The number of esters is 1. The lowest BCUT2D eigenvalue weighted by Gasteiger charge is -2.15. The Kier molecular flexibility index (Phi) is 7.50. The molecule has 2 aliphatic heterocycles. The van der Waals surface area contributed by atoms with Gasteiger partial charge in [-0.05, 0) is 30.2 Å². The van der Waals surface area contributed by atoms with Gasteiger partial charge < -0.3 is 20.0 Å². The molecule has 12 nitrogen and oxygen atoms in total. The van der Waals surface area contributed by atoms with Gasteiger partial charge in [0.2, 0.25) is 0 Å². The highest BCUT2D eigenvalue weighted by Gasteiger charge is 2.33. The Balaban J connectivity index is 1.19. The fraction of sp³-hybridized carbons (Fsp3) is 0.385. The van der Waals surface area contributed by atoms with Gasteiger partial charge in [0.25, 0.3) is 0 Å². The van der Waals surface area contributed by atoms with Crippen molar-refractivity contribution in [3.05, 3.63) is 60.4 Å². The molecule has 204 valence electrons. The van der Waals surface area contributed by atoms with Crippen molar-refractivity contribution >= 4 is 23.5 Å². The minimum atomic E-state index is -0.693. The Hall–Kier alpha value is -4.39. The number of benzene rings is 1. The number of nitrogens with zero attached hydrogens (tertiary/aromatic N) is 6. The zero-order valence-corrected chi connectivity index (χ0v) is 21.4. The van der Waals surface area contributed by atoms with E-state index < -0.39 is 36.1 Å². The number of halogens is 1. The number of hydrogen-bond donors (Lipinski definition) is 1. The number of aromatic nitrogens is 4. The zero-order valence-electron chi connectivity index (χ0n) is 21.4. The summed E-state index contributed by atoms with van der Waals surface area (Å²) in [6.07, 6.45) is 3.77. The maximum absolute atomic E-state index is 15.1. The maximum atomic E-state index is 15.1. The second-order valence-electron chi connectivity index (χ2n) is 9.71. The SMILES string of the molecule is CC(C)[C@H](N)C(=O)OCC1CC(c2ccc(-c3ccc(N4C[C@H](Cn5ccnn5)OC4=O)cc3F)cn2)=NO1. The summed E-state index contributed by atoms with van der Waals surface area (Å²) in [5.74, 6) is -1.01. The molecule has 1 amide bonds. The lowest BCUT2D eigenvalue weighted by molar-refractivity contribution is -0.149. The lowest BCUT2D eigenvalue weighted by Crippen LogP contribution is -2.38.